The number of hydrogen-bond donors (Lipinski definition) is 0. The molecule has 0 aromatic heterocycles. The van der Waals surface area contributed by atoms with E-state index in [1.807, 2.05) is 133 Å². The van der Waals surface area contributed by atoms with Crippen LogP contribution < -0.4 is 4.74 Å². The summed E-state index contributed by atoms with van der Waals surface area (Å²) in [7, 11) is 1.66. The zero-order chi connectivity index (χ0) is 33.5. The minimum absolute atomic E-state index is 0.257. The van der Waals surface area contributed by atoms with Gasteiger partial charge in [-0.3, -0.25) is 0 Å². The zero-order valence-corrected chi connectivity index (χ0v) is 27.8. The largest absolute Gasteiger partial charge is 0.497 e. The number of ether oxygens (including phenoxy) is 7. The van der Waals surface area contributed by atoms with E-state index in [0.717, 1.165) is 33.6 Å². The van der Waals surface area contributed by atoms with Crippen molar-refractivity contribution in [2.75, 3.05) is 13.7 Å². The number of hydrogen-bond acceptors (Lipinski definition) is 7. The van der Waals surface area contributed by atoms with Crippen LogP contribution >= 0.6 is 0 Å². The molecule has 5 aromatic carbocycles. The Hall–Kier alpha value is -4.34. The van der Waals surface area contributed by atoms with Crippen molar-refractivity contribution < 1.29 is 33.2 Å². The van der Waals surface area contributed by atoms with Crippen LogP contribution in [0.1, 0.15) is 27.8 Å². The fourth-order valence-electron chi connectivity index (χ4n) is 5.78. The van der Waals surface area contributed by atoms with Gasteiger partial charge in [-0.25, -0.2) is 0 Å². The Morgan fingerprint density at radius 3 is 1.31 bits per heavy atom. The Labute approximate surface area is 289 Å². The molecule has 49 heavy (non-hydrogen) atoms. The average Bonchev–Trinajstić information content (AvgIpc) is 3.17. The molecule has 0 N–H and O–H groups in total. The van der Waals surface area contributed by atoms with E-state index >= 15 is 0 Å². The molecule has 7 nitrogen and oxygen atoms in total. The van der Waals surface area contributed by atoms with E-state index in [1.54, 1.807) is 7.11 Å². The van der Waals surface area contributed by atoms with Crippen LogP contribution in [0.5, 0.6) is 5.75 Å². The van der Waals surface area contributed by atoms with Crippen LogP contribution in [-0.2, 0) is 61.5 Å². The van der Waals surface area contributed by atoms with Gasteiger partial charge in [0.2, 0.25) is 0 Å². The molecule has 5 atom stereocenters. The van der Waals surface area contributed by atoms with E-state index in [1.165, 1.54) is 0 Å². The van der Waals surface area contributed by atoms with E-state index in [2.05, 4.69) is 12.1 Å². The fraction of sp³-hybridized carbons (Fsp3) is 0.286. The lowest BCUT2D eigenvalue weighted by Crippen LogP contribution is -2.61. The van der Waals surface area contributed by atoms with Crippen LogP contribution in [-0.4, -0.2) is 44.4 Å². The topological polar surface area (TPSA) is 64.6 Å². The summed E-state index contributed by atoms with van der Waals surface area (Å²) in [4.78, 5) is 0. The SMILES string of the molecule is COc1ccc(COC[C@H]2O[C@@H](OCc3ccccc3)[C@H](OCc3ccccc3)[C@@H](OCc3ccccc3)[C@@H]2OCc2ccccc2)cc1. The smallest absolute Gasteiger partial charge is 0.187 e. The molecule has 1 aliphatic heterocycles. The second kappa shape index (κ2) is 18.4. The minimum Gasteiger partial charge on any atom is -0.497 e. The van der Waals surface area contributed by atoms with Gasteiger partial charge >= 0.3 is 0 Å². The van der Waals surface area contributed by atoms with Gasteiger partial charge in [-0.1, -0.05) is 133 Å². The maximum Gasteiger partial charge on any atom is 0.187 e. The summed E-state index contributed by atoms with van der Waals surface area (Å²) in [5.41, 5.74) is 5.19. The van der Waals surface area contributed by atoms with Crippen molar-refractivity contribution >= 4 is 0 Å². The van der Waals surface area contributed by atoms with Crippen molar-refractivity contribution in [1.29, 1.82) is 0 Å². The van der Waals surface area contributed by atoms with Crippen LogP contribution in [0.25, 0.3) is 0 Å². The standard InChI is InChI=1S/C42H44O7/c1-43-37-24-22-36(23-25-37)26-44-31-38-39(45-27-32-14-6-2-7-15-32)40(46-28-33-16-8-3-9-17-33)41(47-29-34-18-10-4-11-19-34)42(49-38)48-30-35-20-12-5-13-21-35/h2-25,38-42H,26-31H2,1H3/t38-,39-,40+,41-,42-/m1/s1. The van der Waals surface area contributed by atoms with Gasteiger partial charge in [-0.05, 0) is 39.9 Å². The highest BCUT2D eigenvalue weighted by atomic mass is 16.7. The normalized spacial score (nSPS) is 20.6. The van der Waals surface area contributed by atoms with E-state index in [-0.39, 0.29) is 6.61 Å². The van der Waals surface area contributed by atoms with Crippen molar-refractivity contribution in [2.45, 2.75) is 63.7 Å². The summed E-state index contributed by atoms with van der Waals surface area (Å²) in [6.07, 6.45) is -2.95. The first kappa shape index (κ1) is 34.5. The van der Waals surface area contributed by atoms with Crippen molar-refractivity contribution in [3.05, 3.63) is 173 Å². The lowest BCUT2D eigenvalue weighted by molar-refractivity contribution is -0.330. The number of methoxy groups -OCH3 is 1. The predicted octanol–water partition coefficient (Wildman–Crippen LogP) is 7.91. The van der Waals surface area contributed by atoms with Gasteiger partial charge in [0.25, 0.3) is 0 Å². The molecule has 0 spiro atoms. The van der Waals surface area contributed by atoms with E-state index < -0.39 is 30.7 Å². The molecule has 0 radical (unpaired) electrons. The van der Waals surface area contributed by atoms with Crippen molar-refractivity contribution in [3.63, 3.8) is 0 Å². The monoisotopic (exact) mass is 660 g/mol. The average molecular weight is 661 g/mol. The Kier molecular flexibility index (Phi) is 13.0. The fourth-order valence-corrected chi connectivity index (χ4v) is 5.78. The Morgan fingerprint density at radius 2 is 0.837 bits per heavy atom. The molecule has 0 unspecified atom stereocenters. The summed E-state index contributed by atoms with van der Waals surface area (Å²) in [6.45, 7) is 2.09. The molecule has 0 bridgehead atoms. The van der Waals surface area contributed by atoms with Crippen LogP contribution in [0.4, 0.5) is 0 Å². The van der Waals surface area contributed by atoms with Crippen molar-refractivity contribution in [1.82, 2.24) is 0 Å². The van der Waals surface area contributed by atoms with Gasteiger partial charge in [0, 0.05) is 0 Å². The van der Waals surface area contributed by atoms with Crippen LogP contribution in [0.2, 0.25) is 0 Å². The Bertz CT molecular complexity index is 1620. The van der Waals surface area contributed by atoms with Gasteiger partial charge in [0.05, 0.1) is 46.8 Å². The first-order valence-electron chi connectivity index (χ1n) is 16.7. The van der Waals surface area contributed by atoms with Gasteiger partial charge in [0.15, 0.2) is 6.29 Å². The molecular formula is C42H44O7. The summed E-state index contributed by atoms with van der Waals surface area (Å²) < 4.78 is 45.1. The van der Waals surface area contributed by atoms with Gasteiger partial charge < -0.3 is 33.2 Å². The third-order valence-corrected chi connectivity index (χ3v) is 8.41. The maximum absolute atomic E-state index is 6.79. The lowest BCUT2D eigenvalue weighted by Gasteiger charge is -2.46. The Morgan fingerprint density at radius 1 is 0.429 bits per heavy atom. The first-order valence-corrected chi connectivity index (χ1v) is 16.7. The van der Waals surface area contributed by atoms with Gasteiger partial charge in [-0.2, -0.15) is 0 Å². The molecule has 1 fully saturated rings. The minimum atomic E-state index is -0.754. The quantitative estimate of drug-likeness (QED) is 0.100. The number of benzene rings is 5. The summed E-state index contributed by atoms with van der Waals surface area (Å²) in [6, 6.07) is 48.2. The second-order valence-corrected chi connectivity index (χ2v) is 12.0. The van der Waals surface area contributed by atoms with E-state index in [9.17, 15) is 0 Å². The van der Waals surface area contributed by atoms with Crippen LogP contribution in [0, 0.1) is 0 Å². The Balaban J connectivity index is 1.28. The molecule has 0 aliphatic carbocycles. The van der Waals surface area contributed by atoms with E-state index in [0.29, 0.717) is 33.0 Å². The van der Waals surface area contributed by atoms with Crippen LogP contribution in [0.15, 0.2) is 146 Å². The molecule has 1 aliphatic rings. The molecule has 254 valence electrons. The molecule has 7 heteroatoms. The van der Waals surface area contributed by atoms with Crippen LogP contribution in [0.3, 0.4) is 0 Å². The summed E-state index contributed by atoms with van der Waals surface area (Å²) in [5.74, 6) is 0.798. The molecule has 0 saturated carbocycles. The van der Waals surface area contributed by atoms with Crippen molar-refractivity contribution in [2.24, 2.45) is 0 Å². The molecule has 0 amide bonds. The maximum atomic E-state index is 6.79. The second-order valence-electron chi connectivity index (χ2n) is 12.0. The van der Waals surface area contributed by atoms with Gasteiger partial charge in [-0.15, -0.1) is 0 Å². The lowest BCUT2D eigenvalue weighted by atomic mass is 9.97. The highest BCUT2D eigenvalue weighted by Gasteiger charge is 2.49. The highest BCUT2D eigenvalue weighted by molar-refractivity contribution is 5.26. The molecule has 6 rings (SSSR count). The third kappa shape index (κ3) is 10.3. The number of rotatable bonds is 17. The molecular weight excluding hydrogens is 616 g/mol. The predicted molar refractivity (Wildman–Crippen MR) is 188 cm³/mol. The van der Waals surface area contributed by atoms with Crippen molar-refractivity contribution in [3.8, 4) is 5.75 Å². The zero-order valence-electron chi connectivity index (χ0n) is 27.8. The van der Waals surface area contributed by atoms with Gasteiger partial charge in [0.1, 0.15) is 30.2 Å². The summed E-state index contributed by atoms with van der Waals surface area (Å²) >= 11 is 0. The molecule has 1 saturated heterocycles. The summed E-state index contributed by atoms with van der Waals surface area (Å²) in [5, 5.41) is 0. The first-order chi connectivity index (χ1) is 24.2. The van der Waals surface area contributed by atoms with E-state index in [4.69, 9.17) is 33.2 Å². The molecule has 5 aromatic rings. The third-order valence-electron chi connectivity index (χ3n) is 8.41. The molecule has 1 heterocycles. The highest BCUT2D eigenvalue weighted by Crippen LogP contribution is 2.32.